The van der Waals surface area contributed by atoms with Gasteiger partial charge in [0.25, 0.3) is 0 Å². The maximum Gasteiger partial charge on any atom is 0.220 e. The molecular formula is C17H24N2O3. The fourth-order valence-corrected chi connectivity index (χ4v) is 2.77. The van der Waals surface area contributed by atoms with Crippen LogP contribution in [0.3, 0.4) is 0 Å². The van der Waals surface area contributed by atoms with Crippen molar-refractivity contribution < 1.29 is 14.3 Å². The topological polar surface area (TPSA) is 49.9 Å². The van der Waals surface area contributed by atoms with Crippen LogP contribution in [-0.2, 0) is 9.59 Å². The highest BCUT2D eigenvalue weighted by atomic mass is 16.5. The van der Waals surface area contributed by atoms with Crippen molar-refractivity contribution in [2.75, 3.05) is 19.6 Å². The molecule has 0 radical (unpaired) electrons. The van der Waals surface area contributed by atoms with Gasteiger partial charge in [-0.2, -0.15) is 0 Å². The third kappa shape index (κ3) is 3.78. The molecule has 1 unspecified atom stereocenters. The second-order valence-electron chi connectivity index (χ2n) is 5.93. The second-order valence-corrected chi connectivity index (χ2v) is 5.93. The number of hydrogen-bond acceptors (Lipinski definition) is 3. The van der Waals surface area contributed by atoms with Crippen LogP contribution in [0, 0.1) is 0 Å². The summed E-state index contributed by atoms with van der Waals surface area (Å²) in [5, 5.41) is 0. The van der Waals surface area contributed by atoms with Gasteiger partial charge < -0.3 is 14.5 Å². The minimum atomic E-state index is -0.0942. The molecular weight excluding hydrogens is 280 g/mol. The van der Waals surface area contributed by atoms with Crippen molar-refractivity contribution in [2.24, 2.45) is 0 Å². The van der Waals surface area contributed by atoms with Crippen molar-refractivity contribution in [1.29, 1.82) is 0 Å². The maximum absolute atomic E-state index is 11.9. The lowest BCUT2D eigenvalue weighted by molar-refractivity contribution is -0.140. The fraction of sp³-hybridized carbons (Fsp3) is 0.529. The van der Waals surface area contributed by atoms with Crippen LogP contribution in [0.25, 0.3) is 0 Å². The molecule has 2 rings (SSSR count). The number of benzene rings is 1. The molecule has 5 heteroatoms. The summed E-state index contributed by atoms with van der Waals surface area (Å²) in [4.78, 5) is 27.1. The largest absolute Gasteiger partial charge is 0.491 e. The molecule has 5 nitrogen and oxygen atoms in total. The Morgan fingerprint density at radius 1 is 1.09 bits per heavy atom. The first-order valence-corrected chi connectivity index (χ1v) is 7.68. The molecule has 1 saturated heterocycles. The Hall–Kier alpha value is -2.04. The van der Waals surface area contributed by atoms with Crippen molar-refractivity contribution in [2.45, 2.75) is 39.8 Å². The molecule has 0 aliphatic carbocycles. The Morgan fingerprint density at radius 3 is 2.23 bits per heavy atom. The molecule has 1 aromatic rings. The summed E-state index contributed by atoms with van der Waals surface area (Å²) in [7, 11) is 0. The molecule has 120 valence electrons. The van der Waals surface area contributed by atoms with E-state index in [1.807, 2.05) is 43.0 Å². The van der Waals surface area contributed by atoms with E-state index in [1.54, 1.807) is 18.7 Å². The van der Waals surface area contributed by atoms with Crippen LogP contribution >= 0.6 is 0 Å². The highest BCUT2D eigenvalue weighted by molar-refractivity contribution is 5.76. The van der Waals surface area contributed by atoms with Crippen molar-refractivity contribution in [3.8, 4) is 5.75 Å². The smallest absolute Gasteiger partial charge is 0.220 e. The Bertz CT molecular complexity index is 539. The molecule has 0 spiro atoms. The minimum absolute atomic E-state index is 0.0377. The van der Waals surface area contributed by atoms with Gasteiger partial charge in [0.15, 0.2) is 0 Å². The van der Waals surface area contributed by atoms with Gasteiger partial charge in [-0.25, -0.2) is 0 Å². The number of ether oxygens (including phenoxy) is 1. The van der Waals surface area contributed by atoms with E-state index in [0.717, 1.165) is 11.3 Å². The average Bonchev–Trinajstić information content (AvgIpc) is 2.46. The first-order chi connectivity index (χ1) is 10.4. The third-order valence-electron chi connectivity index (χ3n) is 3.87. The van der Waals surface area contributed by atoms with E-state index in [9.17, 15) is 9.59 Å². The van der Waals surface area contributed by atoms with Gasteiger partial charge in [0.05, 0.1) is 12.1 Å². The number of nitrogens with zero attached hydrogens (tertiary/aromatic N) is 2. The third-order valence-corrected chi connectivity index (χ3v) is 3.87. The number of piperazine rings is 1. The predicted octanol–water partition coefficient (Wildman–Crippen LogP) is 2.23. The number of amides is 2. The lowest BCUT2D eigenvalue weighted by Crippen LogP contribution is -2.51. The summed E-state index contributed by atoms with van der Waals surface area (Å²) in [6.45, 7) is 8.82. The molecule has 0 bridgehead atoms. The Kier molecular flexibility index (Phi) is 5.06. The van der Waals surface area contributed by atoms with Gasteiger partial charge in [-0.1, -0.05) is 12.1 Å². The molecule has 1 heterocycles. The van der Waals surface area contributed by atoms with Crippen LogP contribution in [-0.4, -0.2) is 47.4 Å². The van der Waals surface area contributed by atoms with E-state index in [0.29, 0.717) is 19.6 Å². The first kappa shape index (κ1) is 16.3. The number of hydrogen-bond donors (Lipinski definition) is 0. The molecule has 0 saturated carbocycles. The quantitative estimate of drug-likeness (QED) is 0.860. The molecule has 2 amide bonds. The van der Waals surface area contributed by atoms with Crippen LogP contribution in [0.2, 0.25) is 0 Å². The summed E-state index contributed by atoms with van der Waals surface area (Å²) in [6, 6.07) is 7.69. The van der Waals surface area contributed by atoms with E-state index in [1.165, 1.54) is 0 Å². The van der Waals surface area contributed by atoms with Gasteiger partial charge in [-0.05, 0) is 31.5 Å². The summed E-state index contributed by atoms with van der Waals surface area (Å²) in [6.07, 6.45) is 0.127. The Balaban J connectivity index is 2.21. The van der Waals surface area contributed by atoms with Crippen molar-refractivity contribution in [3.63, 3.8) is 0 Å². The van der Waals surface area contributed by atoms with Crippen molar-refractivity contribution in [3.05, 3.63) is 29.8 Å². The second kappa shape index (κ2) is 6.81. The van der Waals surface area contributed by atoms with E-state index >= 15 is 0 Å². The monoisotopic (exact) mass is 304 g/mol. The van der Waals surface area contributed by atoms with Crippen LogP contribution in [0.15, 0.2) is 24.3 Å². The number of carbonyl (C=O) groups excluding carboxylic acids is 2. The average molecular weight is 304 g/mol. The molecule has 1 fully saturated rings. The lowest BCUT2D eigenvalue weighted by atomic mass is 10.0. The van der Waals surface area contributed by atoms with Gasteiger partial charge in [0, 0.05) is 33.5 Å². The summed E-state index contributed by atoms with van der Waals surface area (Å²) in [5.41, 5.74) is 1.03. The van der Waals surface area contributed by atoms with Crippen molar-refractivity contribution >= 4 is 11.8 Å². The van der Waals surface area contributed by atoms with Gasteiger partial charge in [0.1, 0.15) is 5.75 Å². The van der Waals surface area contributed by atoms with Crippen LogP contribution in [0.1, 0.15) is 39.3 Å². The number of carbonyl (C=O) groups is 2. The predicted molar refractivity (Wildman–Crippen MR) is 84.6 cm³/mol. The van der Waals surface area contributed by atoms with Crippen LogP contribution in [0.5, 0.6) is 5.75 Å². The Morgan fingerprint density at radius 2 is 1.73 bits per heavy atom. The molecule has 1 aromatic carbocycles. The van der Waals surface area contributed by atoms with Crippen molar-refractivity contribution in [1.82, 2.24) is 9.80 Å². The molecule has 1 aliphatic heterocycles. The van der Waals surface area contributed by atoms with E-state index in [-0.39, 0.29) is 24.0 Å². The van der Waals surface area contributed by atoms with Gasteiger partial charge >= 0.3 is 0 Å². The zero-order valence-corrected chi connectivity index (χ0v) is 13.7. The first-order valence-electron chi connectivity index (χ1n) is 7.68. The molecule has 22 heavy (non-hydrogen) atoms. The minimum Gasteiger partial charge on any atom is -0.491 e. The summed E-state index contributed by atoms with van der Waals surface area (Å²) < 4.78 is 5.65. The molecule has 1 aliphatic rings. The fourth-order valence-electron chi connectivity index (χ4n) is 2.77. The lowest BCUT2D eigenvalue weighted by Gasteiger charge is -2.41. The highest BCUT2D eigenvalue weighted by Gasteiger charge is 2.30. The molecule has 0 N–H and O–H groups in total. The number of rotatable bonds is 3. The highest BCUT2D eigenvalue weighted by Crippen LogP contribution is 2.27. The SMILES string of the molecule is CC(=O)N1CCN(C(C)=O)C(c2ccc(OC(C)C)cc2)C1. The standard InChI is InChI=1S/C17H24N2O3/c1-12(2)22-16-7-5-15(6-8-16)17-11-18(13(3)20)9-10-19(17)14(4)21/h5-8,12,17H,9-11H2,1-4H3. The zero-order chi connectivity index (χ0) is 16.3. The van der Waals surface area contributed by atoms with Gasteiger partial charge in [-0.15, -0.1) is 0 Å². The maximum atomic E-state index is 11.9. The van der Waals surface area contributed by atoms with Gasteiger partial charge in [-0.3, -0.25) is 9.59 Å². The summed E-state index contributed by atoms with van der Waals surface area (Å²) >= 11 is 0. The normalized spacial score (nSPS) is 18.5. The van der Waals surface area contributed by atoms with E-state index in [4.69, 9.17) is 4.74 Å². The summed E-state index contributed by atoms with van der Waals surface area (Å²) in [5.74, 6) is 0.899. The van der Waals surface area contributed by atoms with Gasteiger partial charge in [0.2, 0.25) is 11.8 Å². The van der Waals surface area contributed by atoms with E-state index < -0.39 is 0 Å². The van der Waals surface area contributed by atoms with E-state index in [2.05, 4.69) is 0 Å². The van der Waals surface area contributed by atoms with Crippen LogP contribution < -0.4 is 4.74 Å². The Labute approximate surface area is 131 Å². The molecule has 1 atom stereocenters. The zero-order valence-electron chi connectivity index (χ0n) is 13.7. The molecule has 0 aromatic heterocycles. The van der Waals surface area contributed by atoms with Crippen LogP contribution in [0.4, 0.5) is 0 Å².